The van der Waals surface area contributed by atoms with Gasteiger partial charge in [-0.1, -0.05) is 13.8 Å². The summed E-state index contributed by atoms with van der Waals surface area (Å²) in [6, 6.07) is 0.474. The second kappa shape index (κ2) is 5.99. The smallest absolute Gasteiger partial charge is 0.0746 e. The summed E-state index contributed by atoms with van der Waals surface area (Å²) >= 11 is 0. The van der Waals surface area contributed by atoms with Gasteiger partial charge in [-0.2, -0.15) is 0 Å². The van der Waals surface area contributed by atoms with Crippen LogP contribution in [-0.4, -0.2) is 34.5 Å². The molecule has 0 bridgehead atoms. The van der Waals surface area contributed by atoms with Gasteiger partial charge in [0.15, 0.2) is 0 Å². The van der Waals surface area contributed by atoms with E-state index in [-0.39, 0.29) is 6.10 Å². The van der Waals surface area contributed by atoms with E-state index in [9.17, 15) is 10.2 Å². The van der Waals surface area contributed by atoms with Gasteiger partial charge in [-0.25, -0.2) is 0 Å². The van der Waals surface area contributed by atoms with Gasteiger partial charge in [0.25, 0.3) is 0 Å². The first-order valence-corrected chi connectivity index (χ1v) is 6.53. The van der Waals surface area contributed by atoms with Crippen LogP contribution in [0.2, 0.25) is 0 Å². The number of hydrogen-bond acceptors (Lipinski definition) is 3. The molecule has 0 heterocycles. The largest absolute Gasteiger partial charge is 0.393 e. The van der Waals surface area contributed by atoms with Crippen LogP contribution < -0.4 is 5.32 Å². The van der Waals surface area contributed by atoms with Crippen molar-refractivity contribution in [2.24, 2.45) is 5.92 Å². The molecule has 0 saturated heterocycles. The van der Waals surface area contributed by atoms with Gasteiger partial charge in [0.05, 0.1) is 11.7 Å². The van der Waals surface area contributed by atoms with Crippen molar-refractivity contribution in [1.82, 2.24) is 5.32 Å². The van der Waals surface area contributed by atoms with Crippen molar-refractivity contribution >= 4 is 0 Å². The van der Waals surface area contributed by atoms with E-state index in [1.165, 1.54) is 0 Å². The maximum absolute atomic E-state index is 10.2. The minimum atomic E-state index is -0.607. The fourth-order valence-electron chi connectivity index (χ4n) is 2.60. The first kappa shape index (κ1) is 13.9. The zero-order chi connectivity index (χ0) is 12.2. The highest BCUT2D eigenvalue weighted by Crippen LogP contribution is 2.20. The molecule has 0 aromatic heterocycles. The Kier molecular flexibility index (Phi) is 5.22. The molecule has 0 aromatic rings. The molecule has 96 valence electrons. The predicted octanol–water partition coefficient (Wildman–Crippen LogP) is 1.68. The lowest BCUT2D eigenvalue weighted by Crippen LogP contribution is -2.44. The van der Waals surface area contributed by atoms with Crippen LogP contribution in [0.15, 0.2) is 0 Å². The molecule has 1 aliphatic rings. The van der Waals surface area contributed by atoms with Gasteiger partial charge in [0, 0.05) is 12.6 Å². The Balaban J connectivity index is 2.23. The molecule has 1 atom stereocenters. The molecule has 0 radical (unpaired) electrons. The lowest BCUT2D eigenvalue weighted by atomic mass is 9.91. The molecule has 3 heteroatoms. The second-order valence-electron chi connectivity index (χ2n) is 5.98. The van der Waals surface area contributed by atoms with Crippen molar-refractivity contribution in [2.75, 3.05) is 6.54 Å². The molecule has 1 fully saturated rings. The van der Waals surface area contributed by atoms with Crippen LogP contribution in [0.3, 0.4) is 0 Å². The SMILES string of the molecule is CC(C)CC(C)(O)CNC1CCC(O)CC1. The van der Waals surface area contributed by atoms with Gasteiger partial charge < -0.3 is 15.5 Å². The number of nitrogens with one attached hydrogen (secondary N) is 1. The molecular weight excluding hydrogens is 202 g/mol. The van der Waals surface area contributed by atoms with E-state index in [0.717, 1.165) is 32.1 Å². The number of hydrogen-bond donors (Lipinski definition) is 3. The van der Waals surface area contributed by atoms with Gasteiger partial charge in [0.1, 0.15) is 0 Å². The standard InChI is InChI=1S/C13H27NO2/c1-10(2)8-13(3,16)9-14-11-4-6-12(15)7-5-11/h10-12,14-16H,4-9H2,1-3H3. The highest BCUT2D eigenvalue weighted by molar-refractivity contribution is 4.82. The topological polar surface area (TPSA) is 52.5 Å². The maximum atomic E-state index is 10.2. The summed E-state index contributed by atoms with van der Waals surface area (Å²) in [6.07, 6.45) is 4.57. The predicted molar refractivity (Wildman–Crippen MR) is 66.3 cm³/mol. The second-order valence-corrected chi connectivity index (χ2v) is 5.98. The minimum absolute atomic E-state index is 0.103. The van der Waals surface area contributed by atoms with E-state index in [1.807, 2.05) is 6.92 Å². The Labute approximate surface area is 99.3 Å². The summed E-state index contributed by atoms with van der Waals surface area (Å²) in [5.74, 6) is 0.518. The van der Waals surface area contributed by atoms with Gasteiger partial charge >= 0.3 is 0 Å². The summed E-state index contributed by atoms with van der Waals surface area (Å²) in [6.45, 7) is 6.82. The highest BCUT2D eigenvalue weighted by Gasteiger charge is 2.25. The van der Waals surface area contributed by atoms with E-state index in [0.29, 0.717) is 18.5 Å². The Hall–Kier alpha value is -0.120. The average molecular weight is 229 g/mol. The summed E-state index contributed by atoms with van der Waals surface area (Å²) in [5, 5.41) is 23.0. The van der Waals surface area contributed by atoms with E-state index >= 15 is 0 Å². The summed E-state index contributed by atoms with van der Waals surface area (Å²) in [4.78, 5) is 0. The molecular formula is C13H27NO2. The summed E-state index contributed by atoms with van der Waals surface area (Å²) in [5.41, 5.74) is -0.607. The van der Waals surface area contributed by atoms with Crippen LogP contribution >= 0.6 is 0 Å². The fraction of sp³-hybridized carbons (Fsp3) is 1.00. The molecule has 0 spiro atoms. The number of aliphatic hydroxyl groups is 2. The maximum Gasteiger partial charge on any atom is 0.0746 e. The van der Waals surface area contributed by atoms with E-state index in [4.69, 9.17) is 0 Å². The molecule has 0 aromatic carbocycles. The Bertz CT molecular complexity index is 196. The van der Waals surface area contributed by atoms with Crippen LogP contribution in [0.25, 0.3) is 0 Å². The third-order valence-corrected chi connectivity index (χ3v) is 3.32. The zero-order valence-corrected chi connectivity index (χ0v) is 10.9. The van der Waals surface area contributed by atoms with Crippen LogP contribution in [0.1, 0.15) is 52.9 Å². The summed E-state index contributed by atoms with van der Waals surface area (Å²) < 4.78 is 0. The quantitative estimate of drug-likeness (QED) is 0.672. The van der Waals surface area contributed by atoms with Crippen molar-refractivity contribution in [1.29, 1.82) is 0 Å². The highest BCUT2D eigenvalue weighted by atomic mass is 16.3. The molecule has 3 nitrogen and oxygen atoms in total. The first-order valence-electron chi connectivity index (χ1n) is 6.53. The number of rotatable bonds is 5. The van der Waals surface area contributed by atoms with Crippen molar-refractivity contribution in [3.63, 3.8) is 0 Å². The monoisotopic (exact) mass is 229 g/mol. The normalized spacial score (nSPS) is 30.4. The molecule has 16 heavy (non-hydrogen) atoms. The van der Waals surface area contributed by atoms with Crippen molar-refractivity contribution in [3.8, 4) is 0 Å². The van der Waals surface area contributed by atoms with E-state index < -0.39 is 5.60 Å². The zero-order valence-electron chi connectivity index (χ0n) is 10.9. The molecule has 1 aliphatic carbocycles. The Morgan fingerprint density at radius 2 is 1.81 bits per heavy atom. The van der Waals surface area contributed by atoms with Gasteiger partial charge in [0.2, 0.25) is 0 Å². The molecule has 1 unspecified atom stereocenters. The van der Waals surface area contributed by atoms with Crippen LogP contribution in [0.4, 0.5) is 0 Å². The van der Waals surface area contributed by atoms with Gasteiger partial charge in [-0.15, -0.1) is 0 Å². The molecule has 1 saturated carbocycles. The summed E-state index contributed by atoms with van der Waals surface area (Å²) in [7, 11) is 0. The Morgan fingerprint density at radius 1 is 1.25 bits per heavy atom. The number of aliphatic hydroxyl groups excluding tert-OH is 1. The van der Waals surface area contributed by atoms with Gasteiger partial charge in [-0.05, 0) is 44.9 Å². The minimum Gasteiger partial charge on any atom is -0.393 e. The van der Waals surface area contributed by atoms with Crippen molar-refractivity contribution in [2.45, 2.75) is 70.6 Å². The lowest BCUT2D eigenvalue weighted by Gasteiger charge is -2.31. The first-order chi connectivity index (χ1) is 7.39. The van der Waals surface area contributed by atoms with E-state index in [2.05, 4.69) is 19.2 Å². The van der Waals surface area contributed by atoms with E-state index in [1.54, 1.807) is 0 Å². The van der Waals surface area contributed by atoms with Crippen molar-refractivity contribution < 1.29 is 10.2 Å². The third kappa shape index (κ3) is 5.28. The average Bonchev–Trinajstić information content (AvgIpc) is 2.15. The third-order valence-electron chi connectivity index (χ3n) is 3.32. The van der Waals surface area contributed by atoms with Gasteiger partial charge in [-0.3, -0.25) is 0 Å². The fourth-order valence-corrected chi connectivity index (χ4v) is 2.60. The molecule has 0 amide bonds. The molecule has 1 rings (SSSR count). The van der Waals surface area contributed by atoms with Crippen molar-refractivity contribution in [3.05, 3.63) is 0 Å². The molecule has 0 aliphatic heterocycles. The Morgan fingerprint density at radius 3 is 2.31 bits per heavy atom. The van der Waals surface area contributed by atoms with Crippen LogP contribution in [0, 0.1) is 5.92 Å². The van der Waals surface area contributed by atoms with Crippen LogP contribution in [-0.2, 0) is 0 Å². The lowest BCUT2D eigenvalue weighted by molar-refractivity contribution is 0.0318. The molecule has 3 N–H and O–H groups in total. The van der Waals surface area contributed by atoms with Crippen LogP contribution in [0.5, 0.6) is 0 Å².